The number of carbonyl (C=O) groups is 3. The minimum absolute atomic E-state index is 0.00456. The number of anilines is 2. The highest BCUT2D eigenvalue weighted by Gasteiger charge is 2.10. The van der Waals surface area contributed by atoms with Crippen LogP contribution in [-0.2, 0) is 16.0 Å². The van der Waals surface area contributed by atoms with Crippen molar-refractivity contribution in [2.75, 3.05) is 30.9 Å². The van der Waals surface area contributed by atoms with Crippen molar-refractivity contribution in [1.82, 2.24) is 4.98 Å². The number of benzene rings is 2. The average molecular weight is 646 g/mol. The Labute approximate surface area is 282 Å². The Bertz CT molecular complexity index is 1340. The van der Waals surface area contributed by atoms with Crippen molar-refractivity contribution in [3.8, 4) is 11.5 Å². The Balaban J connectivity index is 0.000000343. The van der Waals surface area contributed by atoms with Gasteiger partial charge in [-0.1, -0.05) is 65.5 Å². The highest BCUT2D eigenvalue weighted by Crippen LogP contribution is 2.21. The molecule has 8 heteroatoms. The number of methoxy groups -OCH3 is 1. The lowest BCUT2D eigenvalue weighted by molar-refractivity contribution is -0.122. The van der Waals surface area contributed by atoms with Crippen LogP contribution < -0.4 is 20.1 Å². The van der Waals surface area contributed by atoms with E-state index >= 15 is 0 Å². The fraction of sp³-hybridized carbons (Fsp3) is 0.487. The molecule has 1 heterocycles. The maximum atomic E-state index is 11.7. The van der Waals surface area contributed by atoms with Crippen LogP contribution >= 0.6 is 0 Å². The molecule has 0 aliphatic heterocycles. The smallest absolute Gasteiger partial charge is 0.224 e. The summed E-state index contributed by atoms with van der Waals surface area (Å²) in [6, 6.07) is 19.1. The first kappa shape index (κ1) is 39.0. The molecule has 1 amide bonds. The van der Waals surface area contributed by atoms with Gasteiger partial charge < -0.3 is 20.1 Å². The minimum atomic E-state index is -0.114. The van der Waals surface area contributed by atoms with E-state index in [1.807, 2.05) is 26.0 Å². The number of aromatic nitrogens is 1. The lowest BCUT2D eigenvalue weighted by Gasteiger charge is -2.15. The normalized spacial score (nSPS) is 11.2. The van der Waals surface area contributed by atoms with Crippen LogP contribution in [0.5, 0.6) is 11.5 Å². The van der Waals surface area contributed by atoms with E-state index in [-0.39, 0.29) is 23.4 Å². The van der Waals surface area contributed by atoms with Gasteiger partial charge in [0.1, 0.15) is 23.1 Å². The molecule has 0 bridgehead atoms. The van der Waals surface area contributed by atoms with Crippen molar-refractivity contribution in [3.05, 3.63) is 78.0 Å². The number of ether oxygens (including phenoxy) is 2. The van der Waals surface area contributed by atoms with Crippen LogP contribution in [0, 0.1) is 11.8 Å². The Hall–Kier alpha value is -4.20. The second kappa shape index (κ2) is 22.3. The van der Waals surface area contributed by atoms with E-state index < -0.39 is 0 Å². The third-order valence-electron chi connectivity index (χ3n) is 7.90. The molecular weight excluding hydrogens is 590 g/mol. The third-order valence-corrected chi connectivity index (χ3v) is 7.90. The molecule has 0 aliphatic carbocycles. The molecular formula is C39H55N3O5. The van der Waals surface area contributed by atoms with Crippen LogP contribution in [0.15, 0.2) is 66.9 Å². The molecule has 1 atom stereocenters. The Morgan fingerprint density at radius 3 is 2.21 bits per heavy atom. The molecule has 0 spiro atoms. The van der Waals surface area contributed by atoms with Crippen LogP contribution in [0.2, 0.25) is 0 Å². The second-order valence-corrected chi connectivity index (χ2v) is 12.1. The molecule has 0 aliphatic rings. The quantitative estimate of drug-likeness (QED) is 0.0933. The summed E-state index contributed by atoms with van der Waals surface area (Å²) in [5.74, 6) is 3.47. The summed E-state index contributed by atoms with van der Waals surface area (Å²) in [5.41, 5.74) is 2.69. The first-order valence-electron chi connectivity index (χ1n) is 17.0. The molecule has 8 nitrogen and oxygen atoms in total. The largest absolute Gasteiger partial charge is 0.497 e. The number of pyridine rings is 1. The molecule has 2 N–H and O–H groups in total. The zero-order valence-electron chi connectivity index (χ0n) is 29.3. The standard InChI is InChI=1S/C23H34N2O2.C16H21NO3/c1-4-6-8-19(5-2)17-20-9-11-21(12-10-20)27-16-7-14-24-23-18-22(26-3)13-15-25-23;1-11(2)15(19)5-4-6-16(20)17-14-9-7-13(8-10-14)12(3)18/h9-13,15,18-19H,4-8,14,16-17H2,1-3H3,(H,24,25);7-11H,4-6H2,1-3H3,(H,17,20). The summed E-state index contributed by atoms with van der Waals surface area (Å²) in [4.78, 5) is 38.5. The molecule has 0 radical (unpaired) electrons. The molecule has 1 aromatic heterocycles. The lowest BCUT2D eigenvalue weighted by Crippen LogP contribution is -2.13. The Kier molecular flexibility index (Phi) is 18.5. The van der Waals surface area contributed by atoms with Crippen molar-refractivity contribution in [2.24, 2.45) is 11.8 Å². The van der Waals surface area contributed by atoms with Crippen molar-refractivity contribution in [2.45, 2.75) is 92.4 Å². The maximum Gasteiger partial charge on any atom is 0.224 e. The molecule has 2 aromatic carbocycles. The molecule has 47 heavy (non-hydrogen) atoms. The van der Waals surface area contributed by atoms with Gasteiger partial charge in [-0.25, -0.2) is 4.98 Å². The highest BCUT2D eigenvalue weighted by molar-refractivity contribution is 5.95. The fourth-order valence-electron chi connectivity index (χ4n) is 4.84. The van der Waals surface area contributed by atoms with E-state index in [1.54, 1.807) is 37.6 Å². The molecule has 0 saturated carbocycles. The van der Waals surface area contributed by atoms with Crippen LogP contribution in [0.1, 0.15) is 102 Å². The zero-order chi connectivity index (χ0) is 34.4. The molecule has 3 rings (SSSR count). The molecule has 0 fully saturated rings. The molecule has 3 aromatic rings. The monoisotopic (exact) mass is 645 g/mol. The van der Waals surface area contributed by atoms with Crippen LogP contribution in [-0.4, -0.2) is 42.7 Å². The van der Waals surface area contributed by atoms with Gasteiger partial charge in [-0.15, -0.1) is 0 Å². The zero-order valence-corrected chi connectivity index (χ0v) is 29.3. The average Bonchev–Trinajstić information content (AvgIpc) is 3.07. The van der Waals surface area contributed by atoms with E-state index in [0.717, 1.165) is 36.2 Å². The minimum Gasteiger partial charge on any atom is -0.497 e. The number of nitrogens with zero attached hydrogens (tertiary/aromatic N) is 1. The number of rotatable bonds is 20. The number of Topliss-reactive ketones (excluding diaryl/α,β-unsaturated/α-hetero) is 2. The summed E-state index contributed by atoms with van der Waals surface area (Å²) >= 11 is 0. The van der Waals surface area contributed by atoms with Crippen LogP contribution in [0.25, 0.3) is 0 Å². The van der Waals surface area contributed by atoms with Crippen molar-refractivity contribution >= 4 is 29.0 Å². The summed E-state index contributed by atoms with van der Waals surface area (Å²) in [5, 5.41) is 6.04. The number of ketones is 2. The lowest BCUT2D eigenvalue weighted by atomic mass is 9.92. The van der Waals surface area contributed by atoms with E-state index in [9.17, 15) is 14.4 Å². The first-order chi connectivity index (χ1) is 22.6. The first-order valence-corrected chi connectivity index (χ1v) is 17.0. The van der Waals surface area contributed by atoms with E-state index in [1.165, 1.54) is 44.6 Å². The third kappa shape index (κ3) is 16.3. The SMILES string of the molecule is CC(=O)c1ccc(NC(=O)CCCC(=O)C(C)C)cc1.CCCCC(CC)Cc1ccc(OCCCNc2cc(OC)ccn2)cc1. The number of carbonyl (C=O) groups excluding carboxylic acids is 3. The number of hydrogen-bond donors (Lipinski definition) is 2. The highest BCUT2D eigenvalue weighted by atomic mass is 16.5. The summed E-state index contributed by atoms with van der Waals surface area (Å²) in [6.07, 6.45) is 10.4. The van der Waals surface area contributed by atoms with Crippen LogP contribution in [0.3, 0.4) is 0 Å². The van der Waals surface area contributed by atoms with Gasteiger partial charge in [0.05, 0.1) is 13.7 Å². The van der Waals surface area contributed by atoms with E-state index in [0.29, 0.717) is 37.1 Å². The predicted molar refractivity (Wildman–Crippen MR) is 192 cm³/mol. The summed E-state index contributed by atoms with van der Waals surface area (Å²) in [7, 11) is 1.66. The Morgan fingerprint density at radius 1 is 0.872 bits per heavy atom. The van der Waals surface area contributed by atoms with Gasteiger partial charge in [-0.05, 0) is 80.1 Å². The van der Waals surface area contributed by atoms with Gasteiger partial charge in [-0.3, -0.25) is 14.4 Å². The number of unbranched alkanes of at least 4 members (excludes halogenated alkanes) is 1. The van der Waals surface area contributed by atoms with E-state index in [2.05, 4.69) is 53.7 Å². The van der Waals surface area contributed by atoms with Gasteiger partial charge in [0, 0.05) is 48.8 Å². The predicted octanol–water partition coefficient (Wildman–Crippen LogP) is 8.95. The number of nitrogens with one attached hydrogen (secondary N) is 2. The van der Waals surface area contributed by atoms with E-state index in [4.69, 9.17) is 9.47 Å². The van der Waals surface area contributed by atoms with Gasteiger partial charge in [0.25, 0.3) is 0 Å². The second-order valence-electron chi connectivity index (χ2n) is 12.1. The number of hydrogen-bond acceptors (Lipinski definition) is 7. The van der Waals surface area contributed by atoms with Crippen molar-refractivity contribution < 1.29 is 23.9 Å². The van der Waals surface area contributed by atoms with Gasteiger partial charge in [-0.2, -0.15) is 0 Å². The molecule has 1 unspecified atom stereocenters. The number of amides is 1. The van der Waals surface area contributed by atoms with Gasteiger partial charge in [0.2, 0.25) is 5.91 Å². The molecule has 0 saturated heterocycles. The van der Waals surface area contributed by atoms with Gasteiger partial charge in [0.15, 0.2) is 5.78 Å². The summed E-state index contributed by atoms with van der Waals surface area (Å²) in [6.45, 7) is 11.3. The topological polar surface area (TPSA) is 107 Å². The van der Waals surface area contributed by atoms with Crippen molar-refractivity contribution in [1.29, 1.82) is 0 Å². The van der Waals surface area contributed by atoms with Gasteiger partial charge >= 0.3 is 0 Å². The van der Waals surface area contributed by atoms with Crippen LogP contribution in [0.4, 0.5) is 11.5 Å². The molecule has 256 valence electrons. The fourth-order valence-corrected chi connectivity index (χ4v) is 4.84. The Morgan fingerprint density at radius 2 is 1.60 bits per heavy atom. The van der Waals surface area contributed by atoms with Crippen molar-refractivity contribution in [3.63, 3.8) is 0 Å². The maximum absolute atomic E-state index is 11.7. The summed E-state index contributed by atoms with van der Waals surface area (Å²) < 4.78 is 11.1.